The number of hydrogen-bond acceptors (Lipinski definition) is 6. The van der Waals surface area contributed by atoms with Gasteiger partial charge in [0.25, 0.3) is 0 Å². The molecule has 17 heavy (non-hydrogen) atoms. The number of carbonyl (C=O) groups excluding carboxylic acids is 1. The summed E-state index contributed by atoms with van der Waals surface area (Å²) in [5.41, 5.74) is 0. The van der Waals surface area contributed by atoms with Gasteiger partial charge in [0.15, 0.2) is 0 Å². The molecule has 0 rings (SSSR count). The van der Waals surface area contributed by atoms with Gasteiger partial charge in [-0.15, -0.1) is 0 Å². The van der Waals surface area contributed by atoms with Gasteiger partial charge in [0, 0.05) is 6.61 Å². The third-order valence-corrected chi connectivity index (χ3v) is 2.16. The van der Waals surface area contributed by atoms with Crippen molar-refractivity contribution in [1.29, 1.82) is 0 Å². The summed E-state index contributed by atoms with van der Waals surface area (Å²) in [6.45, 7) is 4.65. The molecule has 0 bridgehead atoms. The molecule has 0 aromatic rings. The first-order valence-corrected chi connectivity index (χ1v) is 6.62. The number of ether oxygens (including phenoxy) is 3. The topological polar surface area (TPSA) is 66.4 Å². The fraction of sp³-hybridized carbons (Fsp3) is 0.889. The molecule has 100 valence electrons. The van der Waals surface area contributed by atoms with Crippen LogP contribution >= 0.6 is 18.0 Å². The first kappa shape index (κ1) is 16.9. The van der Waals surface area contributed by atoms with Crippen molar-refractivity contribution in [2.45, 2.75) is 13.3 Å². The summed E-state index contributed by atoms with van der Waals surface area (Å²) < 4.78 is 23.6. The first-order chi connectivity index (χ1) is 8.31. The summed E-state index contributed by atoms with van der Waals surface area (Å²) in [6.07, 6.45) is 1.01. The van der Waals surface area contributed by atoms with E-state index in [1.54, 1.807) is 0 Å². The van der Waals surface area contributed by atoms with E-state index >= 15 is 0 Å². The van der Waals surface area contributed by atoms with Crippen LogP contribution < -0.4 is 0 Å². The predicted molar refractivity (Wildman–Crippen MR) is 67.9 cm³/mol. The van der Waals surface area contributed by atoms with Gasteiger partial charge in [-0.1, -0.05) is 6.92 Å². The molecule has 0 radical (unpaired) electrons. The van der Waals surface area contributed by atoms with Crippen LogP contribution in [0.2, 0.25) is 0 Å². The maximum absolute atomic E-state index is 10.9. The Morgan fingerprint density at radius 2 is 1.71 bits per heavy atom. The second kappa shape index (κ2) is 13.9. The van der Waals surface area contributed by atoms with Gasteiger partial charge in [0.05, 0.1) is 26.4 Å². The molecule has 6 nitrogen and oxygen atoms in total. The largest absolute Gasteiger partial charge is 0.387 e. The maximum Gasteiger partial charge on any atom is 0.341 e. The minimum Gasteiger partial charge on any atom is -0.387 e. The quantitative estimate of drug-likeness (QED) is 0.427. The number of nitrogens with zero attached hydrogens (tertiary/aromatic N) is 1. The molecule has 0 N–H and O–H groups in total. The van der Waals surface area contributed by atoms with Gasteiger partial charge in [0.2, 0.25) is 8.60 Å². The van der Waals surface area contributed by atoms with Crippen molar-refractivity contribution < 1.29 is 23.5 Å². The fourth-order valence-electron chi connectivity index (χ4n) is 0.835. The lowest BCUT2D eigenvalue weighted by Gasteiger charge is -2.05. The monoisotopic (exact) mass is 283 g/mol. The Balaban J connectivity index is 3.10. The van der Waals surface area contributed by atoms with Gasteiger partial charge < -0.3 is 18.7 Å². The average Bonchev–Trinajstić information content (AvgIpc) is 2.34. The fourth-order valence-corrected chi connectivity index (χ4v) is 1.17. The summed E-state index contributed by atoms with van der Waals surface area (Å²) in [5.74, 6) is -0.441. The maximum atomic E-state index is 10.9. The van der Waals surface area contributed by atoms with Crippen molar-refractivity contribution >= 4 is 24.0 Å². The van der Waals surface area contributed by atoms with Gasteiger partial charge in [-0.25, -0.2) is 9.31 Å². The van der Waals surface area contributed by atoms with Gasteiger partial charge in [0.1, 0.15) is 6.61 Å². The van der Waals surface area contributed by atoms with Crippen molar-refractivity contribution in [2.24, 2.45) is 4.52 Å². The predicted octanol–water partition coefficient (Wildman–Crippen LogP) is 1.82. The summed E-state index contributed by atoms with van der Waals surface area (Å²) in [6, 6.07) is 0. The average molecular weight is 283 g/mol. The second-order valence-corrected chi connectivity index (χ2v) is 4.21. The Hall–Kier alpha value is -0.120. The van der Waals surface area contributed by atoms with Crippen molar-refractivity contribution in [3.8, 4) is 0 Å². The van der Waals surface area contributed by atoms with E-state index in [2.05, 4.69) is 25.4 Å². The Morgan fingerprint density at radius 3 is 2.29 bits per heavy atom. The van der Waals surface area contributed by atoms with Crippen LogP contribution in [0.5, 0.6) is 0 Å². The summed E-state index contributed by atoms with van der Waals surface area (Å²) >= 11 is 0. The number of carbonyl (C=O) groups is 1. The zero-order valence-electron chi connectivity index (χ0n) is 9.96. The molecule has 0 spiro atoms. The zero-order chi connectivity index (χ0) is 12.8. The molecule has 0 fully saturated rings. The van der Waals surface area contributed by atoms with Crippen LogP contribution in [-0.4, -0.2) is 45.6 Å². The molecule has 0 aromatic heterocycles. The molecular formula is C9H19NO5P2. The lowest BCUT2D eigenvalue weighted by atomic mass is 10.5. The summed E-state index contributed by atoms with van der Waals surface area (Å²) in [4.78, 5) is 10.9. The second-order valence-electron chi connectivity index (χ2n) is 2.94. The summed E-state index contributed by atoms with van der Waals surface area (Å²) in [5, 5.41) is 0. The first-order valence-electron chi connectivity index (χ1n) is 5.34. The molecule has 0 aliphatic rings. The number of rotatable bonds is 11. The molecule has 0 saturated heterocycles. The van der Waals surface area contributed by atoms with E-state index in [0.717, 1.165) is 13.0 Å². The smallest absolute Gasteiger partial charge is 0.341 e. The van der Waals surface area contributed by atoms with Crippen molar-refractivity contribution in [1.82, 2.24) is 0 Å². The van der Waals surface area contributed by atoms with E-state index in [9.17, 15) is 4.79 Å². The molecule has 0 saturated carbocycles. The zero-order valence-corrected chi connectivity index (χ0v) is 12.0. The van der Waals surface area contributed by atoms with Crippen LogP contribution in [0.15, 0.2) is 4.52 Å². The van der Waals surface area contributed by atoms with Crippen LogP contribution in [0.3, 0.4) is 0 Å². The highest BCUT2D eigenvalue weighted by molar-refractivity contribution is 7.31. The van der Waals surface area contributed by atoms with Crippen molar-refractivity contribution in [3.63, 3.8) is 0 Å². The van der Waals surface area contributed by atoms with Gasteiger partial charge in [-0.05, 0) is 15.8 Å². The highest BCUT2D eigenvalue weighted by Gasteiger charge is 2.01. The number of hydrogen-bond donors (Lipinski definition) is 0. The van der Waals surface area contributed by atoms with Crippen LogP contribution in [0.1, 0.15) is 13.3 Å². The highest BCUT2D eigenvalue weighted by atomic mass is 31.1. The lowest BCUT2D eigenvalue weighted by molar-refractivity contribution is -0.138. The van der Waals surface area contributed by atoms with Gasteiger partial charge in [-0.2, -0.15) is 0 Å². The third-order valence-electron chi connectivity index (χ3n) is 1.50. The van der Waals surface area contributed by atoms with E-state index in [4.69, 9.17) is 14.2 Å². The molecule has 1 atom stereocenters. The molecule has 0 heterocycles. The Bertz CT molecular complexity index is 216. The van der Waals surface area contributed by atoms with Crippen molar-refractivity contribution in [3.05, 3.63) is 0 Å². The molecule has 0 aromatic carbocycles. The van der Waals surface area contributed by atoms with Gasteiger partial charge >= 0.3 is 5.97 Å². The van der Waals surface area contributed by atoms with Gasteiger partial charge in [-0.3, -0.25) is 0 Å². The SMILES string of the molecule is CCCOCCOCCOCC(=O)OP=NP. The lowest BCUT2D eigenvalue weighted by Crippen LogP contribution is -2.13. The van der Waals surface area contributed by atoms with Crippen LogP contribution in [0, 0.1) is 0 Å². The Kier molecular flexibility index (Phi) is 13.8. The molecule has 8 heteroatoms. The van der Waals surface area contributed by atoms with E-state index in [1.165, 1.54) is 0 Å². The van der Waals surface area contributed by atoms with Crippen molar-refractivity contribution in [2.75, 3.05) is 39.6 Å². The third kappa shape index (κ3) is 13.8. The van der Waals surface area contributed by atoms with E-state index < -0.39 is 5.97 Å². The summed E-state index contributed by atoms with van der Waals surface area (Å²) in [7, 11) is 2.36. The Labute approximate surface area is 106 Å². The normalized spacial score (nSPS) is 10.9. The minimum absolute atomic E-state index is 0.0805. The molecule has 1 unspecified atom stereocenters. The minimum atomic E-state index is -0.441. The van der Waals surface area contributed by atoms with E-state index in [1.807, 2.05) is 0 Å². The standard InChI is InChI=1S/C9H19NO5P2/c1-2-3-12-4-5-13-6-7-14-8-9(11)15-17-10-16/h2-8,16H2,1H3. The van der Waals surface area contributed by atoms with E-state index in [0.29, 0.717) is 26.4 Å². The van der Waals surface area contributed by atoms with E-state index in [-0.39, 0.29) is 15.2 Å². The van der Waals surface area contributed by atoms with Crippen LogP contribution in [0.25, 0.3) is 0 Å². The Morgan fingerprint density at radius 1 is 1.12 bits per heavy atom. The van der Waals surface area contributed by atoms with Crippen LogP contribution in [-0.2, 0) is 23.5 Å². The van der Waals surface area contributed by atoms with Crippen LogP contribution in [0.4, 0.5) is 0 Å². The highest BCUT2D eigenvalue weighted by Crippen LogP contribution is 2.05. The molecular weight excluding hydrogens is 264 g/mol. The molecule has 0 aliphatic carbocycles. The molecule has 0 amide bonds. The molecule has 0 aliphatic heterocycles.